The molecule has 1 heterocycles. The zero-order valence-electron chi connectivity index (χ0n) is 13.7. The van der Waals surface area contributed by atoms with Gasteiger partial charge in [0.2, 0.25) is 5.91 Å². The summed E-state index contributed by atoms with van der Waals surface area (Å²) >= 11 is 0. The molecule has 1 aromatic heterocycles. The van der Waals surface area contributed by atoms with Crippen LogP contribution in [0.2, 0.25) is 0 Å². The summed E-state index contributed by atoms with van der Waals surface area (Å²) in [7, 11) is 0. The molecule has 0 aliphatic rings. The van der Waals surface area contributed by atoms with Crippen molar-refractivity contribution in [1.29, 1.82) is 0 Å². The van der Waals surface area contributed by atoms with Crippen LogP contribution in [0.3, 0.4) is 0 Å². The molecule has 1 aromatic carbocycles. The second kappa shape index (κ2) is 9.29. The first-order valence-corrected chi connectivity index (χ1v) is 7.96. The predicted octanol–water partition coefficient (Wildman–Crippen LogP) is 2.47. The number of benzene rings is 1. The molecule has 3 amide bonds. The van der Waals surface area contributed by atoms with Crippen LogP contribution < -0.4 is 16.0 Å². The average molecular weight is 326 g/mol. The van der Waals surface area contributed by atoms with Crippen LogP contribution in [0, 0.1) is 0 Å². The first-order chi connectivity index (χ1) is 11.7. The monoisotopic (exact) mass is 326 g/mol. The van der Waals surface area contributed by atoms with Crippen LogP contribution in [0.4, 0.5) is 10.5 Å². The van der Waals surface area contributed by atoms with Gasteiger partial charge in [0.1, 0.15) is 0 Å². The van der Waals surface area contributed by atoms with Gasteiger partial charge in [-0.15, -0.1) is 0 Å². The van der Waals surface area contributed by atoms with E-state index in [9.17, 15) is 9.59 Å². The van der Waals surface area contributed by atoms with Crippen molar-refractivity contribution >= 4 is 17.6 Å². The van der Waals surface area contributed by atoms with E-state index in [1.807, 2.05) is 36.4 Å². The highest BCUT2D eigenvalue weighted by Crippen LogP contribution is 2.10. The van der Waals surface area contributed by atoms with Crippen molar-refractivity contribution in [2.75, 3.05) is 11.9 Å². The van der Waals surface area contributed by atoms with E-state index in [1.54, 1.807) is 12.4 Å². The maximum atomic E-state index is 11.8. The van der Waals surface area contributed by atoms with Crippen molar-refractivity contribution in [3.8, 4) is 0 Å². The highest BCUT2D eigenvalue weighted by atomic mass is 16.2. The van der Waals surface area contributed by atoms with Crippen molar-refractivity contribution in [2.24, 2.45) is 0 Å². The molecule has 0 saturated heterocycles. The number of amides is 3. The molecule has 0 radical (unpaired) electrons. The highest BCUT2D eigenvalue weighted by Gasteiger charge is 2.05. The minimum Gasteiger partial charge on any atom is -0.352 e. The number of carbonyl (C=O) groups is 2. The number of aryl methyl sites for hydroxylation is 1. The summed E-state index contributed by atoms with van der Waals surface area (Å²) in [5, 5.41) is 8.24. The Kier molecular flexibility index (Phi) is 6.76. The van der Waals surface area contributed by atoms with Gasteiger partial charge in [0.15, 0.2) is 0 Å². The second-order valence-electron chi connectivity index (χ2n) is 5.32. The molecule has 6 heteroatoms. The number of hydrogen-bond donors (Lipinski definition) is 3. The molecule has 126 valence electrons. The van der Waals surface area contributed by atoms with Gasteiger partial charge in [0.05, 0.1) is 0 Å². The first-order valence-electron chi connectivity index (χ1n) is 7.96. The molecule has 0 spiro atoms. The van der Waals surface area contributed by atoms with E-state index in [1.165, 1.54) is 0 Å². The number of pyridine rings is 1. The van der Waals surface area contributed by atoms with Crippen molar-refractivity contribution in [3.63, 3.8) is 0 Å². The second-order valence-corrected chi connectivity index (χ2v) is 5.32. The number of rotatable bonds is 7. The fourth-order valence-corrected chi connectivity index (χ4v) is 2.12. The van der Waals surface area contributed by atoms with Gasteiger partial charge in [0, 0.05) is 37.6 Å². The number of aromatic nitrogens is 1. The van der Waals surface area contributed by atoms with Crippen molar-refractivity contribution < 1.29 is 9.59 Å². The largest absolute Gasteiger partial charge is 0.352 e. The lowest BCUT2D eigenvalue weighted by Gasteiger charge is -2.09. The number of nitrogens with one attached hydrogen (secondary N) is 3. The zero-order valence-corrected chi connectivity index (χ0v) is 13.7. The molecule has 0 fully saturated rings. The molecule has 2 aromatic rings. The normalized spacial score (nSPS) is 10.0. The Morgan fingerprint density at radius 3 is 2.58 bits per heavy atom. The number of carbonyl (C=O) groups excluding carboxylic acids is 2. The number of nitrogens with zero attached hydrogens (tertiary/aromatic N) is 1. The third kappa shape index (κ3) is 6.08. The van der Waals surface area contributed by atoms with Gasteiger partial charge in [0.25, 0.3) is 0 Å². The van der Waals surface area contributed by atoms with Gasteiger partial charge in [-0.05, 0) is 41.8 Å². The van der Waals surface area contributed by atoms with Gasteiger partial charge >= 0.3 is 6.03 Å². The smallest absolute Gasteiger partial charge is 0.319 e. The van der Waals surface area contributed by atoms with E-state index >= 15 is 0 Å². The molecule has 3 N–H and O–H groups in total. The fraction of sp³-hybridized carbons (Fsp3) is 0.278. The van der Waals surface area contributed by atoms with Crippen LogP contribution in [0.1, 0.15) is 24.5 Å². The van der Waals surface area contributed by atoms with E-state index in [-0.39, 0.29) is 24.9 Å². The van der Waals surface area contributed by atoms with E-state index in [0.717, 1.165) is 23.2 Å². The molecule has 6 nitrogen and oxygen atoms in total. The predicted molar refractivity (Wildman–Crippen MR) is 93.5 cm³/mol. The van der Waals surface area contributed by atoms with E-state index in [0.29, 0.717) is 6.54 Å². The fourth-order valence-electron chi connectivity index (χ4n) is 2.12. The summed E-state index contributed by atoms with van der Waals surface area (Å²) in [6, 6.07) is 11.1. The minimum atomic E-state index is -0.315. The Morgan fingerprint density at radius 1 is 1.04 bits per heavy atom. The molecule has 0 bridgehead atoms. The van der Waals surface area contributed by atoms with Gasteiger partial charge in [-0.25, -0.2) is 4.79 Å². The first kappa shape index (κ1) is 17.5. The van der Waals surface area contributed by atoms with E-state index in [2.05, 4.69) is 27.9 Å². The van der Waals surface area contributed by atoms with Gasteiger partial charge < -0.3 is 16.0 Å². The Balaban J connectivity index is 1.65. The summed E-state index contributed by atoms with van der Waals surface area (Å²) in [4.78, 5) is 27.5. The quantitative estimate of drug-likeness (QED) is 0.731. The van der Waals surface area contributed by atoms with Crippen LogP contribution >= 0.6 is 0 Å². The lowest BCUT2D eigenvalue weighted by atomic mass is 10.1. The lowest BCUT2D eigenvalue weighted by Crippen LogP contribution is -2.33. The molecular formula is C18H22N4O2. The van der Waals surface area contributed by atoms with Gasteiger partial charge in [-0.2, -0.15) is 0 Å². The molecule has 24 heavy (non-hydrogen) atoms. The van der Waals surface area contributed by atoms with E-state index < -0.39 is 0 Å². The highest BCUT2D eigenvalue weighted by molar-refractivity contribution is 5.89. The Bertz CT molecular complexity index is 674. The SMILES string of the molecule is CCc1cccc(NC(=O)NCCC(=O)NCc2ccncc2)c1. The molecule has 0 saturated carbocycles. The number of hydrogen-bond acceptors (Lipinski definition) is 3. The molecule has 0 aliphatic carbocycles. The summed E-state index contributed by atoms with van der Waals surface area (Å²) in [5.74, 6) is -0.111. The molecule has 0 unspecified atom stereocenters. The average Bonchev–Trinajstić information content (AvgIpc) is 2.61. The van der Waals surface area contributed by atoms with Crippen LogP contribution in [-0.2, 0) is 17.8 Å². The third-order valence-corrected chi connectivity index (χ3v) is 3.47. The standard InChI is InChI=1S/C18H22N4O2/c1-2-14-4-3-5-16(12-14)22-18(24)20-11-8-17(23)21-13-15-6-9-19-10-7-15/h3-7,9-10,12H,2,8,11,13H2,1H3,(H,21,23)(H2,20,22,24). The van der Waals surface area contributed by atoms with Crippen LogP contribution in [0.25, 0.3) is 0 Å². The van der Waals surface area contributed by atoms with Crippen molar-refractivity contribution in [2.45, 2.75) is 26.3 Å². The summed E-state index contributed by atoms with van der Waals surface area (Å²) in [6.07, 6.45) is 4.50. The van der Waals surface area contributed by atoms with Gasteiger partial charge in [-0.1, -0.05) is 19.1 Å². The van der Waals surface area contributed by atoms with Crippen LogP contribution in [0.5, 0.6) is 0 Å². The Hall–Kier alpha value is -2.89. The molecule has 2 rings (SSSR count). The van der Waals surface area contributed by atoms with Crippen LogP contribution in [0.15, 0.2) is 48.8 Å². The van der Waals surface area contributed by atoms with Crippen molar-refractivity contribution in [3.05, 3.63) is 59.9 Å². The maximum absolute atomic E-state index is 11.8. The third-order valence-electron chi connectivity index (χ3n) is 3.47. The maximum Gasteiger partial charge on any atom is 0.319 e. The Labute approximate surface area is 141 Å². The summed E-state index contributed by atoms with van der Waals surface area (Å²) in [5.41, 5.74) is 2.89. The molecule has 0 aliphatic heterocycles. The molecule has 0 atom stereocenters. The van der Waals surface area contributed by atoms with Gasteiger partial charge in [-0.3, -0.25) is 9.78 Å². The summed E-state index contributed by atoms with van der Waals surface area (Å²) in [6.45, 7) is 2.79. The van der Waals surface area contributed by atoms with Crippen LogP contribution in [-0.4, -0.2) is 23.5 Å². The molecular weight excluding hydrogens is 304 g/mol. The van der Waals surface area contributed by atoms with Crippen molar-refractivity contribution in [1.82, 2.24) is 15.6 Å². The zero-order chi connectivity index (χ0) is 17.2. The lowest BCUT2D eigenvalue weighted by molar-refractivity contribution is -0.121. The number of urea groups is 1. The minimum absolute atomic E-state index is 0.111. The Morgan fingerprint density at radius 2 is 1.83 bits per heavy atom. The summed E-state index contributed by atoms with van der Waals surface area (Å²) < 4.78 is 0. The number of anilines is 1. The topological polar surface area (TPSA) is 83.1 Å². The van der Waals surface area contributed by atoms with E-state index in [4.69, 9.17) is 0 Å².